The van der Waals surface area contributed by atoms with E-state index in [0.29, 0.717) is 25.1 Å². The summed E-state index contributed by atoms with van der Waals surface area (Å²) < 4.78 is 5.63. The Morgan fingerprint density at radius 1 is 1.15 bits per heavy atom. The molecule has 176 valence electrons. The van der Waals surface area contributed by atoms with Crippen LogP contribution in [0, 0.1) is 0 Å². The Labute approximate surface area is 194 Å². The highest BCUT2D eigenvalue weighted by Crippen LogP contribution is 2.25. The third-order valence-electron chi connectivity index (χ3n) is 6.34. The van der Waals surface area contributed by atoms with Crippen LogP contribution in [0.5, 0.6) is 0 Å². The Morgan fingerprint density at radius 2 is 1.94 bits per heavy atom. The highest BCUT2D eigenvalue weighted by Gasteiger charge is 2.24. The molecule has 5 rings (SSSR count). The first-order chi connectivity index (χ1) is 16.1. The van der Waals surface area contributed by atoms with E-state index in [1.54, 1.807) is 0 Å². The Hall–Kier alpha value is -2.75. The second-order valence-corrected chi connectivity index (χ2v) is 9.13. The van der Waals surface area contributed by atoms with Crippen molar-refractivity contribution in [3.8, 4) is 11.4 Å². The van der Waals surface area contributed by atoms with Gasteiger partial charge < -0.3 is 25.6 Å². The monoisotopic (exact) mass is 451 g/mol. The van der Waals surface area contributed by atoms with E-state index in [1.807, 2.05) is 24.3 Å². The summed E-state index contributed by atoms with van der Waals surface area (Å²) in [6.45, 7) is 9.27. The lowest BCUT2D eigenvalue weighted by Crippen LogP contribution is -2.44. The average Bonchev–Trinajstić information content (AvgIpc) is 3.64. The fourth-order valence-electron chi connectivity index (χ4n) is 4.29. The molecule has 1 aromatic heterocycles. The van der Waals surface area contributed by atoms with E-state index in [9.17, 15) is 4.79 Å². The van der Waals surface area contributed by atoms with Crippen LogP contribution in [-0.2, 0) is 11.3 Å². The molecule has 0 bridgehead atoms. The summed E-state index contributed by atoms with van der Waals surface area (Å²) in [5, 5.41) is 9.25. The fraction of sp³-hybridized carbons (Fsp3) is 0.542. The number of aromatic nitrogens is 2. The van der Waals surface area contributed by atoms with Gasteiger partial charge >= 0.3 is 6.03 Å². The van der Waals surface area contributed by atoms with Crippen molar-refractivity contribution in [3.05, 3.63) is 36.0 Å². The zero-order valence-corrected chi connectivity index (χ0v) is 19.2. The van der Waals surface area contributed by atoms with Crippen LogP contribution in [0.1, 0.15) is 25.5 Å². The average molecular weight is 452 g/mol. The molecular weight excluding hydrogens is 418 g/mol. The molecule has 3 heterocycles. The first kappa shape index (κ1) is 22.1. The first-order valence-electron chi connectivity index (χ1n) is 12.0. The molecule has 3 N–H and O–H groups in total. The van der Waals surface area contributed by atoms with E-state index >= 15 is 0 Å². The number of nitrogens with one attached hydrogen (secondary N) is 3. The predicted octanol–water partition coefficient (Wildman–Crippen LogP) is 2.06. The van der Waals surface area contributed by atoms with Gasteiger partial charge in [-0.1, -0.05) is 0 Å². The molecule has 0 spiro atoms. The lowest BCUT2D eigenvalue weighted by molar-refractivity contribution is 0.0985. The van der Waals surface area contributed by atoms with Gasteiger partial charge in [0.2, 0.25) is 0 Å². The fourth-order valence-corrected chi connectivity index (χ4v) is 4.29. The number of hydrogen-bond donors (Lipinski definition) is 3. The summed E-state index contributed by atoms with van der Waals surface area (Å²) in [7, 11) is 0. The minimum Gasteiger partial charge on any atom is -0.377 e. The van der Waals surface area contributed by atoms with E-state index in [2.05, 4.69) is 38.7 Å². The lowest BCUT2D eigenvalue weighted by Gasteiger charge is -2.35. The number of amides is 2. The standard InChI is InChI=1S/C24H33N7O2/c1-17-16-33-13-12-31(17)22-14-21(15-30-10-8-25-9-11-30)26-23(29-22)18-2-4-19(5-3-18)27-24(32)28-20-6-7-20/h2-5,14,17,20,25H,6-13,15-16H2,1H3,(H2,27,28,32)/t17-/m0/s1. The Balaban J connectivity index is 1.38. The third kappa shape index (κ3) is 5.79. The summed E-state index contributed by atoms with van der Waals surface area (Å²) >= 11 is 0. The van der Waals surface area contributed by atoms with E-state index in [4.69, 9.17) is 14.7 Å². The van der Waals surface area contributed by atoms with Crippen molar-refractivity contribution in [2.24, 2.45) is 0 Å². The summed E-state index contributed by atoms with van der Waals surface area (Å²) in [6, 6.07) is 10.3. The van der Waals surface area contributed by atoms with Gasteiger partial charge in [0.15, 0.2) is 5.82 Å². The number of piperazine rings is 1. The second kappa shape index (κ2) is 10.0. The van der Waals surface area contributed by atoms with Crippen molar-refractivity contribution in [2.75, 3.05) is 56.2 Å². The molecule has 2 aromatic rings. The number of ether oxygens (including phenoxy) is 1. The van der Waals surface area contributed by atoms with E-state index < -0.39 is 0 Å². The lowest BCUT2D eigenvalue weighted by atomic mass is 10.1. The number of anilines is 2. The summed E-state index contributed by atoms with van der Waals surface area (Å²) in [5.74, 6) is 1.66. The molecule has 1 saturated carbocycles. The predicted molar refractivity (Wildman–Crippen MR) is 128 cm³/mol. The largest absolute Gasteiger partial charge is 0.377 e. The molecule has 3 fully saturated rings. The highest BCUT2D eigenvalue weighted by atomic mass is 16.5. The molecule has 2 saturated heterocycles. The van der Waals surface area contributed by atoms with Gasteiger partial charge in [0.1, 0.15) is 5.82 Å². The normalized spacial score (nSPS) is 21.6. The third-order valence-corrected chi connectivity index (χ3v) is 6.34. The van der Waals surface area contributed by atoms with Crippen LogP contribution in [0.2, 0.25) is 0 Å². The summed E-state index contributed by atoms with van der Waals surface area (Å²) in [5.41, 5.74) is 2.73. The maximum Gasteiger partial charge on any atom is 0.319 e. The van der Waals surface area contributed by atoms with Crippen LogP contribution in [0.3, 0.4) is 0 Å². The van der Waals surface area contributed by atoms with Crippen molar-refractivity contribution in [3.63, 3.8) is 0 Å². The van der Waals surface area contributed by atoms with Crippen LogP contribution < -0.4 is 20.9 Å². The molecule has 2 aliphatic heterocycles. The van der Waals surface area contributed by atoms with Gasteiger partial charge in [-0.25, -0.2) is 14.8 Å². The minimum absolute atomic E-state index is 0.150. The second-order valence-electron chi connectivity index (χ2n) is 9.13. The van der Waals surface area contributed by atoms with Crippen LogP contribution in [-0.4, -0.2) is 78.9 Å². The zero-order valence-electron chi connectivity index (χ0n) is 19.2. The first-order valence-corrected chi connectivity index (χ1v) is 12.0. The van der Waals surface area contributed by atoms with Crippen LogP contribution in [0.15, 0.2) is 30.3 Å². The number of morpholine rings is 1. The van der Waals surface area contributed by atoms with Crippen molar-refractivity contribution in [1.82, 2.24) is 25.5 Å². The molecule has 1 aliphatic carbocycles. The maximum absolute atomic E-state index is 12.0. The molecule has 9 nitrogen and oxygen atoms in total. The van der Waals surface area contributed by atoms with Crippen molar-refractivity contribution in [2.45, 2.75) is 38.4 Å². The van der Waals surface area contributed by atoms with Gasteiger partial charge in [0.05, 0.1) is 24.9 Å². The molecule has 3 aliphatic rings. The number of nitrogens with zero attached hydrogens (tertiary/aromatic N) is 4. The van der Waals surface area contributed by atoms with Gasteiger partial charge in [-0.3, -0.25) is 4.90 Å². The van der Waals surface area contributed by atoms with E-state index in [0.717, 1.165) is 74.9 Å². The van der Waals surface area contributed by atoms with E-state index in [-0.39, 0.29) is 12.1 Å². The van der Waals surface area contributed by atoms with E-state index in [1.165, 1.54) is 0 Å². The van der Waals surface area contributed by atoms with Crippen molar-refractivity contribution >= 4 is 17.5 Å². The Morgan fingerprint density at radius 3 is 2.67 bits per heavy atom. The molecule has 0 unspecified atom stereocenters. The molecule has 0 radical (unpaired) electrons. The van der Waals surface area contributed by atoms with Crippen molar-refractivity contribution in [1.29, 1.82) is 0 Å². The number of rotatable bonds is 6. The number of benzene rings is 1. The number of carbonyl (C=O) groups is 1. The molecule has 2 amide bonds. The summed E-state index contributed by atoms with van der Waals surface area (Å²) in [6.07, 6.45) is 2.14. The molecule has 1 aromatic carbocycles. The highest BCUT2D eigenvalue weighted by molar-refractivity contribution is 5.89. The topological polar surface area (TPSA) is 94.7 Å². The minimum atomic E-state index is -0.150. The SMILES string of the molecule is C[C@H]1COCCN1c1cc(CN2CCNCC2)nc(-c2ccc(NC(=O)NC3CC3)cc2)n1. The van der Waals surface area contributed by atoms with Crippen LogP contribution in [0.4, 0.5) is 16.3 Å². The molecular formula is C24H33N7O2. The number of urea groups is 1. The molecule has 1 atom stereocenters. The number of carbonyl (C=O) groups excluding carboxylic acids is 1. The van der Waals surface area contributed by atoms with Gasteiger partial charge in [-0.05, 0) is 44.0 Å². The number of hydrogen-bond acceptors (Lipinski definition) is 7. The van der Waals surface area contributed by atoms with Gasteiger partial charge in [0, 0.05) is 62.6 Å². The van der Waals surface area contributed by atoms with Crippen LogP contribution in [0.25, 0.3) is 11.4 Å². The Kier molecular flexibility index (Phi) is 6.70. The smallest absolute Gasteiger partial charge is 0.319 e. The quantitative estimate of drug-likeness (QED) is 0.619. The van der Waals surface area contributed by atoms with Gasteiger partial charge in [-0.2, -0.15) is 0 Å². The zero-order chi connectivity index (χ0) is 22.6. The Bertz CT molecular complexity index is 958. The maximum atomic E-state index is 12.0. The summed E-state index contributed by atoms with van der Waals surface area (Å²) in [4.78, 5) is 26.6. The molecule has 9 heteroatoms. The van der Waals surface area contributed by atoms with Gasteiger partial charge in [-0.15, -0.1) is 0 Å². The van der Waals surface area contributed by atoms with Gasteiger partial charge in [0.25, 0.3) is 0 Å². The molecule has 33 heavy (non-hydrogen) atoms. The van der Waals surface area contributed by atoms with Crippen LogP contribution >= 0.6 is 0 Å². The van der Waals surface area contributed by atoms with Crippen molar-refractivity contribution < 1.29 is 9.53 Å².